The van der Waals surface area contributed by atoms with Gasteiger partial charge in [-0.05, 0) is 30.9 Å². The summed E-state index contributed by atoms with van der Waals surface area (Å²) >= 11 is 0. The highest BCUT2D eigenvalue weighted by Gasteiger charge is 2.27. The molecule has 1 saturated carbocycles. The first-order valence-electron chi connectivity index (χ1n) is 6.90. The maximum absolute atomic E-state index is 5.66. The van der Waals surface area contributed by atoms with E-state index in [1.807, 2.05) is 6.20 Å². The molecule has 18 heavy (non-hydrogen) atoms. The standard InChI is InChI=1S/C16H22N2/c1-4-13-10-11-16(17-12-13)18(3)15-9-7-6-8-14(15)5-2/h2,10-12,14-15H,4,6-9H2,1,3H3/t14-,15-/m0/s1. The van der Waals surface area contributed by atoms with E-state index >= 15 is 0 Å². The van der Waals surface area contributed by atoms with Gasteiger partial charge in [0, 0.05) is 25.2 Å². The molecular formula is C16H22N2. The summed E-state index contributed by atoms with van der Waals surface area (Å²) in [7, 11) is 2.12. The van der Waals surface area contributed by atoms with E-state index in [2.05, 4.69) is 41.9 Å². The van der Waals surface area contributed by atoms with E-state index in [1.54, 1.807) is 0 Å². The molecule has 2 nitrogen and oxygen atoms in total. The van der Waals surface area contributed by atoms with Crippen molar-refractivity contribution in [3.8, 4) is 12.3 Å². The molecule has 2 atom stereocenters. The number of pyridine rings is 1. The molecule has 0 unspecified atom stereocenters. The fourth-order valence-corrected chi connectivity index (χ4v) is 2.77. The lowest BCUT2D eigenvalue weighted by Crippen LogP contribution is -2.40. The number of anilines is 1. The third-order valence-electron chi connectivity index (χ3n) is 4.02. The van der Waals surface area contributed by atoms with E-state index in [0.29, 0.717) is 12.0 Å². The second-order valence-corrected chi connectivity index (χ2v) is 5.11. The van der Waals surface area contributed by atoms with Crippen molar-refractivity contribution in [2.24, 2.45) is 5.92 Å². The summed E-state index contributed by atoms with van der Waals surface area (Å²) in [6, 6.07) is 4.72. The van der Waals surface area contributed by atoms with Crippen LogP contribution in [0.4, 0.5) is 5.82 Å². The lowest BCUT2D eigenvalue weighted by atomic mass is 9.84. The Morgan fingerprint density at radius 2 is 2.17 bits per heavy atom. The van der Waals surface area contributed by atoms with Gasteiger partial charge in [-0.1, -0.05) is 25.8 Å². The molecule has 1 aromatic heterocycles. The molecule has 0 bridgehead atoms. The van der Waals surface area contributed by atoms with Crippen LogP contribution in [0, 0.1) is 18.3 Å². The quantitative estimate of drug-likeness (QED) is 0.756. The largest absolute Gasteiger partial charge is 0.355 e. The van der Waals surface area contributed by atoms with Crippen LogP contribution in [0.15, 0.2) is 18.3 Å². The Bertz CT molecular complexity index is 416. The summed E-state index contributed by atoms with van der Waals surface area (Å²) in [5.41, 5.74) is 1.28. The number of rotatable bonds is 3. The molecule has 96 valence electrons. The molecule has 2 rings (SSSR count). The molecular weight excluding hydrogens is 220 g/mol. The lowest BCUT2D eigenvalue weighted by Gasteiger charge is -2.36. The Balaban J connectivity index is 2.13. The molecule has 0 N–H and O–H groups in total. The molecule has 1 aromatic rings. The number of terminal acetylenes is 1. The van der Waals surface area contributed by atoms with Crippen molar-refractivity contribution in [1.82, 2.24) is 4.98 Å². The first-order chi connectivity index (χ1) is 8.76. The molecule has 0 radical (unpaired) electrons. The molecule has 1 fully saturated rings. The molecule has 0 aromatic carbocycles. The number of hydrogen-bond acceptors (Lipinski definition) is 2. The predicted octanol–water partition coefficient (Wildman–Crippen LogP) is 3.27. The van der Waals surface area contributed by atoms with Gasteiger partial charge in [-0.3, -0.25) is 0 Å². The van der Waals surface area contributed by atoms with Crippen molar-refractivity contribution in [3.05, 3.63) is 23.9 Å². The average Bonchev–Trinajstić information content (AvgIpc) is 2.46. The molecule has 0 amide bonds. The highest BCUT2D eigenvalue weighted by molar-refractivity contribution is 5.40. The van der Waals surface area contributed by atoms with Crippen molar-refractivity contribution in [3.63, 3.8) is 0 Å². The number of hydrogen-bond donors (Lipinski definition) is 0. The fourth-order valence-electron chi connectivity index (χ4n) is 2.77. The molecule has 1 aliphatic rings. The van der Waals surface area contributed by atoms with Crippen molar-refractivity contribution in [2.45, 2.75) is 45.1 Å². The zero-order valence-corrected chi connectivity index (χ0v) is 11.4. The summed E-state index contributed by atoms with van der Waals surface area (Å²) < 4.78 is 0. The third-order valence-corrected chi connectivity index (χ3v) is 4.02. The van der Waals surface area contributed by atoms with E-state index in [4.69, 9.17) is 6.42 Å². The van der Waals surface area contributed by atoms with Crippen LogP contribution in [-0.2, 0) is 6.42 Å². The lowest BCUT2D eigenvalue weighted by molar-refractivity contribution is 0.359. The van der Waals surface area contributed by atoms with Crippen LogP contribution in [0.2, 0.25) is 0 Å². The van der Waals surface area contributed by atoms with Gasteiger partial charge in [-0.2, -0.15) is 0 Å². The first kappa shape index (κ1) is 13.0. The minimum absolute atomic E-state index is 0.372. The van der Waals surface area contributed by atoms with Crippen LogP contribution >= 0.6 is 0 Å². The summed E-state index contributed by atoms with van der Waals surface area (Å²) in [5, 5.41) is 0. The van der Waals surface area contributed by atoms with Gasteiger partial charge in [0.25, 0.3) is 0 Å². The normalized spacial score (nSPS) is 23.4. The van der Waals surface area contributed by atoms with Gasteiger partial charge in [0.1, 0.15) is 5.82 Å². The van der Waals surface area contributed by atoms with Crippen LogP contribution in [0.3, 0.4) is 0 Å². The van der Waals surface area contributed by atoms with Gasteiger partial charge < -0.3 is 4.90 Å². The van der Waals surface area contributed by atoms with Crippen LogP contribution < -0.4 is 4.90 Å². The van der Waals surface area contributed by atoms with Crippen LogP contribution in [-0.4, -0.2) is 18.1 Å². The van der Waals surface area contributed by atoms with Crippen LogP contribution in [0.25, 0.3) is 0 Å². The molecule has 0 aliphatic heterocycles. The average molecular weight is 242 g/mol. The van der Waals surface area contributed by atoms with E-state index in [1.165, 1.54) is 24.8 Å². The summed E-state index contributed by atoms with van der Waals surface area (Å²) in [6.45, 7) is 2.15. The van der Waals surface area contributed by atoms with Crippen molar-refractivity contribution in [1.29, 1.82) is 0 Å². The van der Waals surface area contributed by atoms with Gasteiger partial charge in [0.05, 0.1) is 0 Å². The minimum Gasteiger partial charge on any atom is -0.355 e. The zero-order valence-electron chi connectivity index (χ0n) is 11.4. The Hall–Kier alpha value is -1.49. The molecule has 0 saturated heterocycles. The van der Waals surface area contributed by atoms with Gasteiger partial charge in [0.15, 0.2) is 0 Å². The Kier molecular flexibility index (Phi) is 4.25. The van der Waals surface area contributed by atoms with Gasteiger partial charge in [-0.25, -0.2) is 4.98 Å². The van der Waals surface area contributed by atoms with E-state index in [9.17, 15) is 0 Å². The maximum Gasteiger partial charge on any atom is 0.128 e. The first-order valence-corrected chi connectivity index (χ1v) is 6.90. The Morgan fingerprint density at radius 3 is 2.78 bits per heavy atom. The molecule has 2 heteroatoms. The number of nitrogens with zero attached hydrogens (tertiary/aromatic N) is 2. The highest BCUT2D eigenvalue weighted by Crippen LogP contribution is 2.29. The second kappa shape index (κ2) is 5.91. The zero-order chi connectivity index (χ0) is 13.0. The van der Waals surface area contributed by atoms with E-state index < -0.39 is 0 Å². The summed E-state index contributed by atoms with van der Waals surface area (Å²) in [4.78, 5) is 6.82. The molecule has 1 heterocycles. The van der Waals surface area contributed by atoms with Gasteiger partial charge in [-0.15, -0.1) is 12.3 Å². The van der Waals surface area contributed by atoms with E-state index in [-0.39, 0.29) is 0 Å². The van der Waals surface area contributed by atoms with Gasteiger partial charge in [0.2, 0.25) is 0 Å². The predicted molar refractivity (Wildman–Crippen MR) is 76.6 cm³/mol. The maximum atomic E-state index is 5.66. The molecule has 1 aliphatic carbocycles. The van der Waals surface area contributed by atoms with Crippen molar-refractivity contribution in [2.75, 3.05) is 11.9 Å². The summed E-state index contributed by atoms with van der Waals surface area (Å²) in [6.07, 6.45) is 13.5. The van der Waals surface area contributed by atoms with Crippen molar-refractivity contribution >= 4 is 5.82 Å². The highest BCUT2D eigenvalue weighted by atomic mass is 15.2. The smallest absolute Gasteiger partial charge is 0.128 e. The third kappa shape index (κ3) is 2.67. The summed E-state index contributed by atoms with van der Waals surface area (Å²) in [5.74, 6) is 4.37. The van der Waals surface area contributed by atoms with Crippen LogP contribution in [0.5, 0.6) is 0 Å². The van der Waals surface area contributed by atoms with Gasteiger partial charge >= 0.3 is 0 Å². The van der Waals surface area contributed by atoms with Crippen LogP contribution in [0.1, 0.15) is 38.2 Å². The fraction of sp³-hybridized carbons (Fsp3) is 0.562. The minimum atomic E-state index is 0.372. The van der Waals surface area contributed by atoms with Crippen molar-refractivity contribution < 1.29 is 0 Å². The number of aromatic nitrogens is 1. The Labute approximate surface area is 110 Å². The number of aryl methyl sites for hydroxylation is 1. The van der Waals surface area contributed by atoms with E-state index in [0.717, 1.165) is 18.7 Å². The molecule has 0 spiro atoms. The monoisotopic (exact) mass is 242 g/mol. The topological polar surface area (TPSA) is 16.1 Å². The SMILES string of the molecule is C#C[C@H]1CCCC[C@@H]1N(C)c1ccc(CC)cn1. The Morgan fingerprint density at radius 1 is 1.39 bits per heavy atom. The second-order valence-electron chi connectivity index (χ2n) is 5.11.